The van der Waals surface area contributed by atoms with Crippen molar-refractivity contribution in [2.75, 3.05) is 0 Å². The number of aliphatic hydroxyl groups excluding tert-OH is 1. The van der Waals surface area contributed by atoms with Gasteiger partial charge in [-0.15, -0.1) is 0 Å². The summed E-state index contributed by atoms with van der Waals surface area (Å²) in [5, 5.41) is 9.83. The third-order valence-electron chi connectivity index (χ3n) is 2.32. The maximum absolute atomic E-state index is 13.7. The smallest absolute Gasteiger partial charge is 0.177 e. The normalized spacial score (nSPS) is 10.8. The summed E-state index contributed by atoms with van der Waals surface area (Å²) < 4.78 is 15.4. The van der Waals surface area contributed by atoms with Crippen molar-refractivity contribution >= 4 is 11.8 Å². The van der Waals surface area contributed by atoms with Crippen molar-refractivity contribution in [1.29, 1.82) is 0 Å². The predicted molar refractivity (Wildman–Crippen MR) is 60.0 cm³/mol. The van der Waals surface area contributed by atoms with Crippen molar-refractivity contribution in [3.05, 3.63) is 29.7 Å². The molecule has 0 spiro atoms. The fraction of sp³-hybridized carbons (Fsp3) is 0.300. The lowest BCUT2D eigenvalue weighted by Crippen LogP contribution is -1.99. The Bertz CT molecular complexity index is 543. The third-order valence-corrected chi connectivity index (χ3v) is 3.36. The summed E-state index contributed by atoms with van der Waals surface area (Å²) in [6, 6.07) is 0. The van der Waals surface area contributed by atoms with Crippen molar-refractivity contribution in [2.45, 2.75) is 23.7 Å². The van der Waals surface area contributed by atoms with Crippen LogP contribution in [-0.4, -0.2) is 24.6 Å². The van der Waals surface area contributed by atoms with Gasteiger partial charge in [-0.3, -0.25) is 0 Å². The van der Waals surface area contributed by atoms with Gasteiger partial charge >= 0.3 is 0 Å². The highest BCUT2D eigenvalue weighted by molar-refractivity contribution is 7.99. The van der Waals surface area contributed by atoms with Crippen LogP contribution in [0.4, 0.5) is 4.39 Å². The third kappa shape index (κ3) is 2.29. The van der Waals surface area contributed by atoms with Gasteiger partial charge < -0.3 is 9.67 Å². The Morgan fingerprint density at radius 1 is 1.41 bits per heavy atom. The lowest BCUT2D eigenvalue weighted by molar-refractivity contribution is 0.271. The van der Waals surface area contributed by atoms with Crippen molar-refractivity contribution < 1.29 is 9.50 Å². The lowest BCUT2D eigenvalue weighted by Gasteiger charge is -2.04. The molecular formula is C10H11FN4OS. The second-order valence-electron chi connectivity index (χ2n) is 3.43. The molecule has 17 heavy (non-hydrogen) atoms. The van der Waals surface area contributed by atoms with Crippen LogP contribution >= 0.6 is 11.8 Å². The monoisotopic (exact) mass is 254 g/mol. The minimum Gasteiger partial charge on any atom is -0.390 e. The van der Waals surface area contributed by atoms with Gasteiger partial charge in [0.25, 0.3) is 0 Å². The van der Waals surface area contributed by atoms with Crippen LogP contribution in [-0.2, 0) is 13.7 Å². The second-order valence-corrected chi connectivity index (χ2v) is 4.39. The molecule has 0 saturated carbocycles. The summed E-state index contributed by atoms with van der Waals surface area (Å²) in [6.45, 7) is 1.48. The van der Waals surface area contributed by atoms with Crippen molar-refractivity contribution in [1.82, 2.24) is 19.5 Å². The number of imidazole rings is 1. The predicted octanol–water partition coefficient (Wildman–Crippen LogP) is 1.30. The van der Waals surface area contributed by atoms with E-state index in [0.29, 0.717) is 16.5 Å². The molecule has 90 valence electrons. The Morgan fingerprint density at radius 3 is 2.82 bits per heavy atom. The van der Waals surface area contributed by atoms with Gasteiger partial charge in [0.2, 0.25) is 0 Å². The standard InChI is InChI=1S/C10H11FN4OS/c1-6-8(11)9(14-5-13-6)17-10-12-3-7(4-16)15(10)2/h3,5,16H,4H2,1-2H3. The minimum atomic E-state index is -0.439. The van der Waals surface area contributed by atoms with Crippen LogP contribution in [0.3, 0.4) is 0 Å². The van der Waals surface area contributed by atoms with E-state index >= 15 is 0 Å². The van der Waals surface area contributed by atoms with E-state index < -0.39 is 5.82 Å². The van der Waals surface area contributed by atoms with E-state index in [1.807, 2.05) is 0 Å². The van der Waals surface area contributed by atoms with Crippen LogP contribution in [0.15, 0.2) is 22.7 Å². The Balaban J connectivity index is 2.31. The zero-order valence-electron chi connectivity index (χ0n) is 9.38. The summed E-state index contributed by atoms with van der Waals surface area (Å²) in [6.07, 6.45) is 2.87. The molecule has 0 aliphatic heterocycles. The molecule has 0 aliphatic carbocycles. The molecule has 1 N–H and O–H groups in total. The van der Waals surface area contributed by atoms with Crippen LogP contribution in [0.1, 0.15) is 11.4 Å². The largest absolute Gasteiger partial charge is 0.390 e. The topological polar surface area (TPSA) is 63.8 Å². The summed E-state index contributed by atoms with van der Waals surface area (Å²) in [5.74, 6) is -0.439. The molecule has 2 aromatic heterocycles. The Labute approximate surface area is 102 Å². The van der Waals surface area contributed by atoms with E-state index in [0.717, 1.165) is 11.8 Å². The Hall–Kier alpha value is -1.47. The molecule has 2 aromatic rings. The van der Waals surface area contributed by atoms with E-state index in [9.17, 15) is 4.39 Å². The summed E-state index contributed by atoms with van der Waals surface area (Å²) in [4.78, 5) is 11.7. The summed E-state index contributed by atoms with van der Waals surface area (Å²) >= 11 is 1.11. The van der Waals surface area contributed by atoms with Crippen molar-refractivity contribution in [3.8, 4) is 0 Å². The highest BCUT2D eigenvalue weighted by Gasteiger charge is 2.13. The molecule has 0 amide bonds. The van der Waals surface area contributed by atoms with Gasteiger partial charge in [0, 0.05) is 7.05 Å². The first-order chi connectivity index (χ1) is 8.13. The molecule has 0 atom stereocenters. The van der Waals surface area contributed by atoms with Gasteiger partial charge in [-0.1, -0.05) is 0 Å². The lowest BCUT2D eigenvalue weighted by atomic mass is 10.4. The van der Waals surface area contributed by atoms with Crippen molar-refractivity contribution in [3.63, 3.8) is 0 Å². The number of hydrogen-bond acceptors (Lipinski definition) is 5. The van der Waals surface area contributed by atoms with Crippen LogP contribution in [0.5, 0.6) is 0 Å². The molecule has 0 aromatic carbocycles. The van der Waals surface area contributed by atoms with Crippen molar-refractivity contribution in [2.24, 2.45) is 7.05 Å². The number of aryl methyl sites for hydroxylation is 1. The molecule has 0 unspecified atom stereocenters. The van der Waals surface area contributed by atoms with Gasteiger partial charge in [0.15, 0.2) is 11.0 Å². The van der Waals surface area contributed by atoms with Crippen LogP contribution in [0.25, 0.3) is 0 Å². The molecular weight excluding hydrogens is 243 g/mol. The van der Waals surface area contributed by atoms with E-state index in [4.69, 9.17) is 5.11 Å². The molecule has 0 aliphatic rings. The fourth-order valence-corrected chi connectivity index (χ4v) is 2.13. The number of hydrogen-bond donors (Lipinski definition) is 1. The molecule has 7 heteroatoms. The maximum Gasteiger partial charge on any atom is 0.177 e. The first-order valence-corrected chi connectivity index (χ1v) is 5.71. The van der Waals surface area contributed by atoms with Gasteiger partial charge in [-0.05, 0) is 18.7 Å². The van der Waals surface area contributed by atoms with E-state index in [1.54, 1.807) is 24.7 Å². The maximum atomic E-state index is 13.7. The average Bonchev–Trinajstić information content (AvgIpc) is 2.66. The zero-order chi connectivity index (χ0) is 12.4. The molecule has 0 fully saturated rings. The van der Waals surface area contributed by atoms with E-state index in [2.05, 4.69) is 15.0 Å². The van der Waals surface area contributed by atoms with Crippen LogP contribution < -0.4 is 0 Å². The minimum absolute atomic E-state index is 0.102. The fourth-order valence-electron chi connectivity index (χ4n) is 1.26. The van der Waals surface area contributed by atoms with Gasteiger partial charge in [-0.2, -0.15) is 0 Å². The Morgan fingerprint density at radius 2 is 2.18 bits per heavy atom. The Kier molecular flexibility index (Phi) is 3.39. The molecule has 0 saturated heterocycles. The number of aliphatic hydroxyl groups is 1. The van der Waals surface area contributed by atoms with Crippen LogP contribution in [0.2, 0.25) is 0 Å². The highest BCUT2D eigenvalue weighted by Crippen LogP contribution is 2.27. The molecule has 5 nitrogen and oxygen atoms in total. The zero-order valence-corrected chi connectivity index (χ0v) is 10.2. The average molecular weight is 254 g/mol. The molecule has 2 rings (SSSR count). The quantitative estimate of drug-likeness (QED) is 0.836. The summed E-state index contributed by atoms with van der Waals surface area (Å²) in [7, 11) is 1.76. The number of halogens is 1. The molecule has 0 radical (unpaired) electrons. The SMILES string of the molecule is Cc1ncnc(Sc2ncc(CO)n2C)c1F. The first-order valence-electron chi connectivity index (χ1n) is 4.90. The van der Waals surface area contributed by atoms with Gasteiger partial charge in [-0.25, -0.2) is 19.3 Å². The number of nitrogens with zero attached hydrogens (tertiary/aromatic N) is 4. The number of aromatic nitrogens is 4. The van der Waals surface area contributed by atoms with E-state index in [1.165, 1.54) is 6.33 Å². The molecule has 2 heterocycles. The van der Waals surface area contributed by atoms with E-state index in [-0.39, 0.29) is 11.6 Å². The van der Waals surface area contributed by atoms with Gasteiger partial charge in [0.1, 0.15) is 11.4 Å². The summed E-state index contributed by atoms with van der Waals surface area (Å²) in [5.41, 5.74) is 0.970. The first kappa shape index (κ1) is 12.0. The second kappa shape index (κ2) is 4.80. The number of rotatable bonds is 3. The molecule has 0 bridgehead atoms. The highest BCUT2D eigenvalue weighted by atomic mass is 32.2. The van der Waals surface area contributed by atoms with Gasteiger partial charge in [0.05, 0.1) is 24.2 Å². The van der Waals surface area contributed by atoms with Crippen LogP contribution in [0, 0.1) is 12.7 Å².